The maximum atomic E-state index is 12.6. The highest BCUT2D eigenvalue weighted by molar-refractivity contribution is 9.10. The van der Waals surface area contributed by atoms with Gasteiger partial charge in [-0.2, -0.15) is 0 Å². The highest BCUT2D eigenvalue weighted by Gasteiger charge is 2.53. The molecule has 6 nitrogen and oxygen atoms in total. The van der Waals surface area contributed by atoms with Gasteiger partial charge in [0.25, 0.3) is 5.91 Å². The zero-order chi connectivity index (χ0) is 16.1. The number of hydrogen-bond donors (Lipinski definition) is 2. The number of aromatic amines is 1. The van der Waals surface area contributed by atoms with E-state index in [0.29, 0.717) is 6.42 Å². The van der Waals surface area contributed by atoms with Crippen LogP contribution in [0.1, 0.15) is 5.56 Å². The highest BCUT2D eigenvalue weighted by atomic mass is 79.9. The zero-order valence-corrected chi connectivity index (χ0v) is 14.2. The van der Waals surface area contributed by atoms with Crippen LogP contribution in [-0.2, 0) is 16.0 Å². The van der Waals surface area contributed by atoms with Crippen LogP contribution in [0.5, 0.6) is 0 Å². The minimum absolute atomic E-state index is 0.134. The van der Waals surface area contributed by atoms with Crippen LogP contribution in [0, 0.1) is 5.41 Å². The molecule has 0 unspecified atom stereocenters. The zero-order valence-electron chi connectivity index (χ0n) is 12.6. The number of amides is 1. The molecule has 2 aromatic rings. The number of rotatable bonds is 3. The first-order valence-electron chi connectivity index (χ1n) is 6.82. The average molecular weight is 365 g/mol. The molecule has 7 heteroatoms. The molecular weight excluding hydrogens is 348 g/mol. The molecule has 1 saturated heterocycles. The van der Waals surface area contributed by atoms with E-state index in [-0.39, 0.29) is 11.9 Å². The van der Waals surface area contributed by atoms with Crippen molar-refractivity contribution < 1.29 is 9.53 Å². The molecule has 22 heavy (non-hydrogen) atoms. The third-order valence-corrected chi connectivity index (χ3v) is 4.81. The van der Waals surface area contributed by atoms with Crippen molar-refractivity contribution in [2.75, 3.05) is 21.2 Å². The fourth-order valence-electron chi connectivity index (χ4n) is 2.95. The van der Waals surface area contributed by atoms with Gasteiger partial charge in [-0.3, -0.25) is 15.1 Å². The molecule has 1 aliphatic rings. The highest BCUT2D eigenvalue weighted by Crippen LogP contribution is 2.32. The van der Waals surface area contributed by atoms with Crippen molar-refractivity contribution in [1.82, 2.24) is 14.8 Å². The number of hydrogen-bond acceptors (Lipinski definition) is 3. The maximum Gasteiger partial charge on any atom is 0.282 e. The molecule has 2 heterocycles. The Morgan fingerprint density at radius 1 is 1.41 bits per heavy atom. The Bertz CT molecular complexity index is 772. The Labute approximate surface area is 136 Å². The van der Waals surface area contributed by atoms with Crippen LogP contribution in [-0.4, -0.2) is 53.6 Å². The van der Waals surface area contributed by atoms with Gasteiger partial charge in [0.2, 0.25) is 11.7 Å². The number of methoxy groups -OCH3 is 1. The number of fused-ring (bicyclic) bond motifs is 1. The lowest BCUT2D eigenvalue weighted by molar-refractivity contribution is -0.156. The molecule has 0 bridgehead atoms. The standard InChI is InChI=1S/C15H17BrN4O2/c1-19-13(21)15(22-3,20(2)14(19)17)7-9-8-18-12-6-10(16)4-5-11(9)12/h4-6,8,17-18H,7H2,1-3H3/t15-/m1/s1. The molecule has 1 aromatic heterocycles. The second-order valence-corrected chi connectivity index (χ2v) is 6.33. The van der Waals surface area contributed by atoms with Gasteiger partial charge in [-0.1, -0.05) is 22.0 Å². The van der Waals surface area contributed by atoms with Gasteiger partial charge in [0.15, 0.2) is 0 Å². The molecule has 1 amide bonds. The first kappa shape index (κ1) is 15.1. The van der Waals surface area contributed by atoms with Crippen LogP contribution in [0.3, 0.4) is 0 Å². The van der Waals surface area contributed by atoms with E-state index >= 15 is 0 Å². The monoisotopic (exact) mass is 364 g/mol. The summed E-state index contributed by atoms with van der Waals surface area (Å²) in [6.45, 7) is 0. The summed E-state index contributed by atoms with van der Waals surface area (Å²) >= 11 is 3.45. The Hall–Kier alpha value is -1.86. The average Bonchev–Trinajstić information content (AvgIpc) is 2.97. The number of nitrogens with one attached hydrogen (secondary N) is 2. The number of carbonyl (C=O) groups is 1. The second-order valence-electron chi connectivity index (χ2n) is 5.42. The number of benzene rings is 1. The number of ether oxygens (including phenoxy) is 1. The lowest BCUT2D eigenvalue weighted by Crippen LogP contribution is -2.51. The largest absolute Gasteiger partial charge is 0.361 e. The summed E-state index contributed by atoms with van der Waals surface area (Å²) in [6.07, 6.45) is 2.26. The third-order valence-electron chi connectivity index (χ3n) is 4.31. The maximum absolute atomic E-state index is 12.6. The van der Waals surface area contributed by atoms with Crippen LogP contribution in [0.2, 0.25) is 0 Å². The molecular formula is C15H17BrN4O2. The molecule has 1 aromatic carbocycles. The fourth-order valence-corrected chi connectivity index (χ4v) is 3.31. The van der Waals surface area contributed by atoms with Crippen LogP contribution < -0.4 is 0 Å². The molecule has 1 atom stereocenters. The van der Waals surface area contributed by atoms with Crippen LogP contribution in [0.15, 0.2) is 28.9 Å². The molecule has 0 spiro atoms. The number of likely N-dealkylation sites (N-methyl/N-ethyl adjacent to an activating group) is 2. The summed E-state index contributed by atoms with van der Waals surface area (Å²) in [5.41, 5.74) is 0.799. The van der Waals surface area contributed by atoms with E-state index in [1.807, 2.05) is 24.4 Å². The Morgan fingerprint density at radius 3 is 2.73 bits per heavy atom. The minimum Gasteiger partial charge on any atom is -0.361 e. The first-order valence-corrected chi connectivity index (χ1v) is 7.61. The summed E-state index contributed by atoms with van der Waals surface area (Å²) in [4.78, 5) is 18.7. The lowest BCUT2D eigenvalue weighted by atomic mass is 10.0. The van der Waals surface area contributed by atoms with Crippen molar-refractivity contribution in [1.29, 1.82) is 5.41 Å². The van der Waals surface area contributed by atoms with E-state index in [9.17, 15) is 4.79 Å². The number of carbonyl (C=O) groups excluding carboxylic acids is 1. The lowest BCUT2D eigenvalue weighted by Gasteiger charge is -2.31. The SMILES string of the molecule is CO[C@]1(Cc2c[nH]c3cc(Br)ccc23)C(=O)N(C)C(=N)N1C. The number of aromatic nitrogens is 1. The minimum atomic E-state index is -1.17. The van der Waals surface area contributed by atoms with Gasteiger partial charge < -0.3 is 14.6 Å². The summed E-state index contributed by atoms with van der Waals surface area (Å²) in [6, 6.07) is 5.96. The predicted octanol–water partition coefficient (Wildman–Crippen LogP) is 2.15. The number of nitrogens with zero attached hydrogens (tertiary/aromatic N) is 2. The van der Waals surface area contributed by atoms with Crippen molar-refractivity contribution in [2.45, 2.75) is 12.1 Å². The number of halogens is 1. The van der Waals surface area contributed by atoms with Gasteiger partial charge in [0.1, 0.15) is 0 Å². The number of guanidine groups is 1. The molecule has 0 aliphatic carbocycles. The topological polar surface area (TPSA) is 72.4 Å². The Balaban J connectivity index is 2.05. The van der Waals surface area contributed by atoms with Crippen LogP contribution >= 0.6 is 15.9 Å². The third kappa shape index (κ3) is 1.96. The summed E-state index contributed by atoms with van der Waals surface area (Å²) in [5, 5.41) is 9.05. The summed E-state index contributed by atoms with van der Waals surface area (Å²) in [5.74, 6) is -0.0941. The predicted molar refractivity (Wildman–Crippen MR) is 87.7 cm³/mol. The smallest absolute Gasteiger partial charge is 0.282 e. The second kappa shape index (κ2) is 5.10. The van der Waals surface area contributed by atoms with E-state index in [2.05, 4.69) is 20.9 Å². The summed E-state index contributed by atoms with van der Waals surface area (Å²) in [7, 11) is 4.80. The molecule has 3 rings (SSSR count). The van der Waals surface area contributed by atoms with Gasteiger partial charge in [-0.05, 0) is 17.7 Å². The van der Waals surface area contributed by atoms with E-state index in [1.165, 1.54) is 12.0 Å². The molecule has 0 radical (unpaired) electrons. The van der Waals surface area contributed by atoms with Crippen molar-refractivity contribution in [3.63, 3.8) is 0 Å². The van der Waals surface area contributed by atoms with E-state index in [0.717, 1.165) is 20.9 Å². The number of H-pyrrole nitrogens is 1. The molecule has 1 aliphatic heterocycles. The molecule has 1 fully saturated rings. The van der Waals surface area contributed by atoms with Gasteiger partial charge >= 0.3 is 0 Å². The van der Waals surface area contributed by atoms with E-state index in [4.69, 9.17) is 10.1 Å². The fraction of sp³-hybridized carbons (Fsp3) is 0.333. The molecule has 2 N–H and O–H groups in total. The van der Waals surface area contributed by atoms with Crippen LogP contribution in [0.25, 0.3) is 10.9 Å². The van der Waals surface area contributed by atoms with Crippen molar-refractivity contribution >= 4 is 38.7 Å². The van der Waals surface area contributed by atoms with Crippen LogP contribution in [0.4, 0.5) is 0 Å². The molecule has 0 saturated carbocycles. The Morgan fingerprint density at radius 2 is 2.14 bits per heavy atom. The summed E-state index contributed by atoms with van der Waals surface area (Å²) < 4.78 is 6.57. The van der Waals surface area contributed by atoms with Gasteiger partial charge in [0, 0.05) is 49.2 Å². The van der Waals surface area contributed by atoms with Crippen molar-refractivity contribution in [3.8, 4) is 0 Å². The van der Waals surface area contributed by atoms with Gasteiger partial charge in [-0.15, -0.1) is 0 Å². The van der Waals surface area contributed by atoms with E-state index in [1.54, 1.807) is 19.0 Å². The van der Waals surface area contributed by atoms with Crippen molar-refractivity contribution in [3.05, 3.63) is 34.4 Å². The quantitative estimate of drug-likeness (QED) is 0.876. The van der Waals surface area contributed by atoms with E-state index < -0.39 is 5.72 Å². The molecule has 116 valence electrons. The first-order chi connectivity index (χ1) is 10.4. The van der Waals surface area contributed by atoms with Crippen molar-refractivity contribution in [2.24, 2.45) is 0 Å². The Kier molecular flexibility index (Phi) is 3.49. The van der Waals surface area contributed by atoms with Gasteiger partial charge in [0.05, 0.1) is 0 Å². The van der Waals surface area contributed by atoms with Gasteiger partial charge in [-0.25, -0.2) is 0 Å². The normalized spacial score (nSPS) is 22.2.